The van der Waals surface area contributed by atoms with E-state index in [-0.39, 0.29) is 31.1 Å². The average molecular weight is 1100 g/mol. The van der Waals surface area contributed by atoms with Crippen LogP contribution in [0.2, 0.25) is 0 Å². The summed E-state index contributed by atoms with van der Waals surface area (Å²) in [6, 6.07) is 0. The molecule has 0 radical (unpaired) electrons. The lowest BCUT2D eigenvalue weighted by Gasteiger charge is -2.18. The van der Waals surface area contributed by atoms with Crippen LogP contribution in [0, 0.1) is 0 Å². The number of ether oxygens (including phenoxy) is 3. The average Bonchev–Trinajstić information content (AvgIpc) is 3.45. The molecule has 0 aromatic carbocycles. The van der Waals surface area contributed by atoms with Crippen molar-refractivity contribution in [3.63, 3.8) is 0 Å². The third-order valence-electron chi connectivity index (χ3n) is 14.0. The highest BCUT2D eigenvalue weighted by Gasteiger charge is 2.19. The van der Waals surface area contributed by atoms with Gasteiger partial charge in [0.2, 0.25) is 0 Å². The molecule has 0 aliphatic heterocycles. The molecule has 0 aliphatic carbocycles. The SMILES string of the molecule is CC/C=C\C/C=C\C/C=C\C/C=C\C/C=C\C/C=C\C/C=C\C/C=C\C/C=C\CCCCCCCCCC(=O)OCC(COC(=O)CCCCCCC/C=C\CCCC)OC(=O)CCCCCCCCCCCCCCCCC. The van der Waals surface area contributed by atoms with Gasteiger partial charge in [-0.2, -0.15) is 0 Å². The molecule has 0 rings (SSSR count). The molecule has 0 N–H and O–H groups in total. The normalized spacial score (nSPS) is 12.9. The Bertz CT molecular complexity index is 1640. The van der Waals surface area contributed by atoms with Crippen molar-refractivity contribution in [2.45, 2.75) is 309 Å². The Kier molecular flexibility index (Phi) is 62.8. The van der Waals surface area contributed by atoms with Gasteiger partial charge >= 0.3 is 17.9 Å². The zero-order valence-electron chi connectivity index (χ0n) is 51.6. The van der Waals surface area contributed by atoms with E-state index in [0.717, 1.165) is 128 Å². The molecule has 0 amide bonds. The number of carbonyl (C=O) groups is 3. The predicted octanol–water partition coefficient (Wildman–Crippen LogP) is 22.8. The van der Waals surface area contributed by atoms with Crippen LogP contribution in [-0.4, -0.2) is 37.2 Å². The van der Waals surface area contributed by atoms with Gasteiger partial charge in [0, 0.05) is 19.3 Å². The van der Waals surface area contributed by atoms with Crippen molar-refractivity contribution in [1.29, 1.82) is 0 Å². The second-order valence-corrected chi connectivity index (χ2v) is 21.6. The summed E-state index contributed by atoms with van der Waals surface area (Å²) in [5.41, 5.74) is 0. The Balaban J connectivity index is 4.22. The highest BCUT2D eigenvalue weighted by molar-refractivity contribution is 5.71. The number of hydrogen-bond donors (Lipinski definition) is 0. The second kappa shape index (κ2) is 66.3. The van der Waals surface area contributed by atoms with Crippen molar-refractivity contribution in [1.82, 2.24) is 0 Å². The van der Waals surface area contributed by atoms with Gasteiger partial charge in [-0.3, -0.25) is 14.4 Å². The maximum absolute atomic E-state index is 12.9. The summed E-state index contributed by atoms with van der Waals surface area (Å²) >= 11 is 0. The maximum atomic E-state index is 12.9. The van der Waals surface area contributed by atoms with Gasteiger partial charge in [0.25, 0.3) is 0 Å². The molecule has 0 saturated heterocycles. The van der Waals surface area contributed by atoms with Crippen LogP contribution in [-0.2, 0) is 28.6 Å². The van der Waals surface area contributed by atoms with Crippen LogP contribution in [0.25, 0.3) is 0 Å². The van der Waals surface area contributed by atoms with E-state index in [1.807, 2.05) is 0 Å². The number of allylic oxidation sites excluding steroid dienone is 20. The molecule has 0 spiro atoms. The fourth-order valence-corrected chi connectivity index (χ4v) is 9.01. The Labute approximate surface area is 488 Å². The van der Waals surface area contributed by atoms with Crippen LogP contribution in [0.3, 0.4) is 0 Å². The van der Waals surface area contributed by atoms with Crippen molar-refractivity contribution in [2.24, 2.45) is 0 Å². The van der Waals surface area contributed by atoms with E-state index < -0.39 is 6.10 Å². The summed E-state index contributed by atoms with van der Waals surface area (Å²) in [7, 11) is 0. The van der Waals surface area contributed by atoms with Crippen LogP contribution in [0.4, 0.5) is 0 Å². The lowest BCUT2D eigenvalue weighted by Crippen LogP contribution is -2.30. The minimum Gasteiger partial charge on any atom is -0.462 e. The summed E-state index contributed by atoms with van der Waals surface area (Å²) in [4.78, 5) is 38.2. The van der Waals surface area contributed by atoms with E-state index in [1.165, 1.54) is 135 Å². The molecule has 79 heavy (non-hydrogen) atoms. The van der Waals surface area contributed by atoms with E-state index in [2.05, 4.69) is 142 Å². The lowest BCUT2D eigenvalue weighted by molar-refractivity contribution is -0.167. The third kappa shape index (κ3) is 64.5. The number of rotatable bonds is 59. The molecule has 1 atom stereocenters. The first-order chi connectivity index (χ1) is 39.0. The summed E-state index contributed by atoms with van der Waals surface area (Å²) in [6.45, 7) is 6.49. The van der Waals surface area contributed by atoms with E-state index >= 15 is 0 Å². The second-order valence-electron chi connectivity index (χ2n) is 21.6. The first kappa shape index (κ1) is 74.8. The number of esters is 3. The van der Waals surface area contributed by atoms with Crippen molar-refractivity contribution < 1.29 is 28.6 Å². The number of hydrogen-bond acceptors (Lipinski definition) is 6. The van der Waals surface area contributed by atoms with Gasteiger partial charge < -0.3 is 14.2 Å². The van der Waals surface area contributed by atoms with Gasteiger partial charge in [-0.15, -0.1) is 0 Å². The fraction of sp³-hybridized carbons (Fsp3) is 0.685. The fourth-order valence-electron chi connectivity index (χ4n) is 9.01. The summed E-state index contributed by atoms with van der Waals surface area (Å²) < 4.78 is 16.9. The molecule has 0 aromatic rings. The number of unbranched alkanes of at least 4 members (excludes halogenated alkanes) is 28. The molecule has 6 heteroatoms. The predicted molar refractivity (Wildman–Crippen MR) is 343 cm³/mol. The molecule has 0 aliphatic rings. The highest BCUT2D eigenvalue weighted by Crippen LogP contribution is 2.16. The Hall–Kier alpha value is -4.19. The Morgan fingerprint density at radius 1 is 0.266 bits per heavy atom. The first-order valence-corrected chi connectivity index (χ1v) is 33.0. The molecule has 1 unspecified atom stereocenters. The summed E-state index contributed by atoms with van der Waals surface area (Å²) in [5.74, 6) is -0.897. The van der Waals surface area contributed by atoms with E-state index in [4.69, 9.17) is 14.2 Å². The van der Waals surface area contributed by atoms with E-state index in [0.29, 0.717) is 19.3 Å². The summed E-state index contributed by atoms with van der Waals surface area (Å²) in [6.07, 6.45) is 92.1. The smallest absolute Gasteiger partial charge is 0.306 e. The van der Waals surface area contributed by atoms with Crippen LogP contribution < -0.4 is 0 Å². The first-order valence-electron chi connectivity index (χ1n) is 33.0. The van der Waals surface area contributed by atoms with Crippen molar-refractivity contribution >= 4 is 17.9 Å². The van der Waals surface area contributed by atoms with Crippen molar-refractivity contribution in [2.75, 3.05) is 13.2 Å². The third-order valence-corrected chi connectivity index (χ3v) is 14.0. The van der Waals surface area contributed by atoms with Crippen LogP contribution in [0.5, 0.6) is 0 Å². The van der Waals surface area contributed by atoms with Crippen LogP contribution >= 0.6 is 0 Å². The molecule has 0 aromatic heterocycles. The van der Waals surface area contributed by atoms with E-state index in [9.17, 15) is 14.4 Å². The number of carbonyl (C=O) groups excluding carboxylic acids is 3. The van der Waals surface area contributed by atoms with E-state index in [1.54, 1.807) is 0 Å². The van der Waals surface area contributed by atoms with Gasteiger partial charge in [0.05, 0.1) is 0 Å². The van der Waals surface area contributed by atoms with Gasteiger partial charge in [-0.1, -0.05) is 296 Å². The Morgan fingerprint density at radius 2 is 0.506 bits per heavy atom. The molecule has 6 nitrogen and oxygen atoms in total. The monoisotopic (exact) mass is 1090 g/mol. The zero-order chi connectivity index (χ0) is 57.1. The molecule has 450 valence electrons. The standard InChI is InChI=1S/C73H122O6/c1-4-7-10-13-16-19-22-24-26-27-28-29-30-31-32-33-34-35-36-37-38-39-40-41-42-43-44-45-47-48-51-54-57-60-63-66-72(75)78-69-70(68-77-71(74)65-62-59-56-53-50-21-18-15-12-9-6-3)79-73(76)67-64-61-58-55-52-49-46-25-23-20-17-14-11-8-5-2/h7,10,15-16,18-19,24,26,28-29,31-32,34-35,37-38,40-41,43-44,70H,4-6,8-9,11-14,17,20-23,25,27,30,33,36,39,42,45-69H2,1-3H3/b10-7-,18-15-,19-16-,26-24-,29-28-,32-31-,35-34-,38-37-,41-40-,44-43-. The Morgan fingerprint density at radius 3 is 0.823 bits per heavy atom. The van der Waals surface area contributed by atoms with Crippen molar-refractivity contribution in [3.8, 4) is 0 Å². The minimum absolute atomic E-state index is 0.0843. The van der Waals surface area contributed by atoms with Gasteiger partial charge in [0.15, 0.2) is 6.10 Å². The van der Waals surface area contributed by atoms with Crippen LogP contribution in [0.1, 0.15) is 303 Å². The highest BCUT2D eigenvalue weighted by atomic mass is 16.6. The minimum atomic E-state index is -0.786. The molecular weight excluding hydrogens is 973 g/mol. The topological polar surface area (TPSA) is 78.9 Å². The lowest BCUT2D eigenvalue weighted by atomic mass is 10.0. The quantitative estimate of drug-likeness (QED) is 0.0261. The molecule has 0 heterocycles. The van der Waals surface area contributed by atoms with Gasteiger partial charge in [0.1, 0.15) is 13.2 Å². The molecule has 0 bridgehead atoms. The summed E-state index contributed by atoms with van der Waals surface area (Å²) in [5, 5.41) is 0. The zero-order valence-corrected chi connectivity index (χ0v) is 51.6. The molecule has 0 saturated carbocycles. The van der Waals surface area contributed by atoms with Crippen LogP contribution in [0.15, 0.2) is 122 Å². The van der Waals surface area contributed by atoms with Crippen molar-refractivity contribution in [3.05, 3.63) is 122 Å². The largest absolute Gasteiger partial charge is 0.462 e. The van der Waals surface area contributed by atoms with Gasteiger partial charge in [-0.25, -0.2) is 0 Å². The molecular formula is C73H122O6. The molecule has 0 fully saturated rings. The maximum Gasteiger partial charge on any atom is 0.306 e. The van der Waals surface area contributed by atoms with Gasteiger partial charge in [-0.05, 0) is 109 Å².